The summed E-state index contributed by atoms with van der Waals surface area (Å²) in [6.07, 6.45) is 1.11. The highest BCUT2D eigenvalue weighted by atomic mass is 35.5. The summed E-state index contributed by atoms with van der Waals surface area (Å²) >= 11 is 12.2. The van der Waals surface area contributed by atoms with Crippen molar-refractivity contribution in [2.45, 2.75) is 19.8 Å². The second-order valence-electron chi connectivity index (χ2n) is 5.16. The first-order valence-electron chi connectivity index (χ1n) is 6.78. The van der Waals surface area contributed by atoms with E-state index in [2.05, 4.69) is 0 Å². The molecule has 0 spiro atoms. The fourth-order valence-electron chi connectivity index (χ4n) is 2.66. The third-order valence-corrected chi connectivity index (χ3v) is 4.37. The van der Waals surface area contributed by atoms with Crippen LogP contribution in [0, 0.1) is 6.92 Å². The molecule has 0 unspecified atom stereocenters. The van der Waals surface area contributed by atoms with E-state index < -0.39 is 0 Å². The number of ketones is 1. The fraction of sp³-hybridized carbons (Fsp3) is 0.235. The quantitative estimate of drug-likeness (QED) is 0.769. The Hall–Kier alpha value is -1.51. The molecular formula is C17H14Cl2O2. The molecule has 108 valence electrons. The van der Waals surface area contributed by atoms with Crippen LogP contribution in [0.3, 0.4) is 0 Å². The van der Waals surface area contributed by atoms with Gasteiger partial charge in [-0.2, -0.15) is 0 Å². The van der Waals surface area contributed by atoms with Gasteiger partial charge in [-0.3, -0.25) is 4.79 Å². The lowest BCUT2D eigenvalue weighted by molar-refractivity contribution is 0.0991. The predicted octanol–water partition coefficient (Wildman–Crippen LogP) is 4.66. The molecular weight excluding hydrogens is 307 g/mol. The Morgan fingerprint density at radius 1 is 1.29 bits per heavy atom. The van der Waals surface area contributed by atoms with E-state index in [4.69, 9.17) is 27.9 Å². The minimum absolute atomic E-state index is 0.0231. The van der Waals surface area contributed by atoms with E-state index >= 15 is 0 Å². The van der Waals surface area contributed by atoms with Crippen LogP contribution in [0.1, 0.15) is 27.0 Å². The van der Waals surface area contributed by atoms with Crippen LogP contribution in [-0.4, -0.2) is 12.4 Å². The first-order chi connectivity index (χ1) is 10.1. The highest BCUT2D eigenvalue weighted by molar-refractivity contribution is 6.32. The van der Waals surface area contributed by atoms with E-state index in [-0.39, 0.29) is 12.2 Å². The van der Waals surface area contributed by atoms with Gasteiger partial charge in [-0.1, -0.05) is 35.3 Å². The topological polar surface area (TPSA) is 26.3 Å². The number of benzene rings is 2. The van der Waals surface area contributed by atoms with Crippen LogP contribution in [0.25, 0.3) is 0 Å². The molecule has 0 aliphatic carbocycles. The van der Waals surface area contributed by atoms with E-state index in [0.717, 1.165) is 28.9 Å². The van der Waals surface area contributed by atoms with E-state index in [9.17, 15) is 4.79 Å². The molecule has 1 aliphatic heterocycles. The molecule has 2 aromatic carbocycles. The van der Waals surface area contributed by atoms with Crippen LogP contribution in [0.4, 0.5) is 0 Å². The molecule has 0 bridgehead atoms. The molecule has 21 heavy (non-hydrogen) atoms. The number of carbonyl (C=O) groups is 1. The zero-order valence-corrected chi connectivity index (χ0v) is 13.1. The predicted molar refractivity (Wildman–Crippen MR) is 84.9 cm³/mol. The van der Waals surface area contributed by atoms with Gasteiger partial charge < -0.3 is 4.74 Å². The molecule has 4 heteroatoms. The molecule has 0 atom stereocenters. The fourth-order valence-corrected chi connectivity index (χ4v) is 3.09. The van der Waals surface area contributed by atoms with Crippen molar-refractivity contribution in [2.24, 2.45) is 0 Å². The van der Waals surface area contributed by atoms with E-state index in [1.807, 2.05) is 19.1 Å². The van der Waals surface area contributed by atoms with Gasteiger partial charge in [-0.15, -0.1) is 0 Å². The van der Waals surface area contributed by atoms with E-state index in [0.29, 0.717) is 22.2 Å². The molecule has 3 rings (SSSR count). The molecule has 2 nitrogen and oxygen atoms in total. The Bertz CT molecular complexity index is 723. The van der Waals surface area contributed by atoms with Gasteiger partial charge in [0.1, 0.15) is 5.75 Å². The van der Waals surface area contributed by atoms with Crippen molar-refractivity contribution in [2.75, 3.05) is 6.61 Å². The second kappa shape index (κ2) is 5.70. The maximum absolute atomic E-state index is 12.5. The van der Waals surface area contributed by atoms with Gasteiger partial charge in [-0.05, 0) is 36.2 Å². The molecule has 2 aromatic rings. The van der Waals surface area contributed by atoms with Crippen molar-refractivity contribution >= 4 is 29.0 Å². The molecule has 0 radical (unpaired) electrons. The first-order valence-corrected chi connectivity index (χ1v) is 7.54. The van der Waals surface area contributed by atoms with Gasteiger partial charge in [-0.25, -0.2) is 0 Å². The number of rotatable bonds is 3. The zero-order valence-electron chi connectivity index (χ0n) is 11.6. The number of carbonyl (C=O) groups excluding carboxylic acids is 1. The average molecular weight is 321 g/mol. The summed E-state index contributed by atoms with van der Waals surface area (Å²) < 4.78 is 5.64. The average Bonchev–Trinajstić information content (AvgIpc) is 2.90. The van der Waals surface area contributed by atoms with Crippen molar-refractivity contribution in [3.8, 4) is 5.75 Å². The lowest BCUT2D eigenvalue weighted by atomic mass is 9.97. The Labute approximate surface area is 133 Å². The Morgan fingerprint density at radius 2 is 2.10 bits per heavy atom. The molecule has 0 fully saturated rings. The molecule has 0 amide bonds. The molecule has 0 aromatic heterocycles. The van der Waals surface area contributed by atoms with Crippen molar-refractivity contribution in [1.82, 2.24) is 0 Å². The number of Topliss-reactive ketones (excluding diaryl/α,β-unsaturated/α-hetero) is 1. The Kier molecular flexibility index (Phi) is 3.92. The third kappa shape index (κ3) is 2.78. The normalized spacial score (nSPS) is 12.9. The van der Waals surface area contributed by atoms with Crippen molar-refractivity contribution in [3.63, 3.8) is 0 Å². The standard InChI is InChI=1S/C17H14Cl2O2/c1-10-14(3-2-4-15(10)19)16(20)9-12-8-13(18)7-11-5-6-21-17(11)12/h2-4,7-8H,5-6,9H2,1H3. The summed E-state index contributed by atoms with van der Waals surface area (Å²) in [5.41, 5.74) is 3.38. The largest absolute Gasteiger partial charge is 0.493 e. The molecule has 0 saturated carbocycles. The van der Waals surface area contributed by atoms with Crippen molar-refractivity contribution < 1.29 is 9.53 Å². The van der Waals surface area contributed by atoms with Crippen LogP contribution in [0.5, 0.6) is 5.75 Å². The van der Waals surface area contributed by atoms with Gasteiger partial charge in [0.25, 0.3) is 0 Å². The van der Waals surface area contributed by atoms with Gasteiger partial charge in [0.15, 0.2) is 5.78 Å². The van der Waals surface area contributed by atoms with Crippen LogP contribution in [0.2, 0.25) is 10.0 Å². The minimum atomic E-state index is 0.0231. The summed E-state index contributed by atoms with van der Waals surface area (Å²) in [6.45, 7) is 2.50. The monoisotopic (exact) mass is 320 g/mol. The van der Waals surface area contributed by atoms with Crippen molar-refractivity contribution in [3.05, 3.63) is 62.6 Å². The SMILES string of the molecule is Cc1c(Cl)cccc1C(=O)Cc1cc(Cl)cc2c1OCC2. The summed E-state index contributed by atoms with van der Waals surface area (Å²) in [5.74, 6) is 0.836. The lowest BCUT2D eigenvalue weighted by Gasteiger charge is -2.10. The Balaban J connectivity index is 1.94. The van der Waals surface area contributed by atoms with Crippen LogP contribution in [0.15, 0.2) is 30.3 Å². The van der Waals surface area contributed by atoms with Crippen LogP contribution in [-0.2, 0) is 12.8 Å². The molecule has 0 saturated heterocycles. The summed E-state index contributed by atoms with van der Waals surface area (Å²) in [5, 5.41) is 1.25. The highest BCUT2D eigenvalue weighted by Gasteiger charge is 2.20. The molecule has 0 N–H and O–H groups in total. The number of fused-ring (bicyclic) bond motifs is 1. The summed E-state index contributed by atoms with van der Waals surface area (Å²) in [7, 11) is 0. The van der Waals surface area contributed by atoms with Gasteiger partial charge in [0, 0.05) is 34.0 Å². The second-order valence-corrected chi connectivity index (χ2v) is 6.01. The van der Waals surface area contributed by atoms with Crippen molar-refractivity contribution in [1.29, 1.82) is 0 Å². The third-order valence-electron chi connectivity index (χ3n) is 3.74. The van der Waals surface area contributed by atoms with Gasteiger partial charge in [0.2, 0.25) is 0 Å². The lowest BCUT2D eigenvalue weighted by Crippen LogP contribution is -2.07. The maximum Gasteiger partial charge on any atom is 0.167 e. The number of halogens is 2. The summed E-state index contributed by atoms with van der Waals surface area (Å²) in [4.78, 5) is 12.5. The van der Waals surface area contributed by atoms with E-state index in [1.165, 1.54) is 0 Å². The van der Waals surface area contributed by atoms with Crippen LogP contribution < -0.4 is 4.74 Å². The van der Waals surface area contributed by atoms with Gasteiger partial charge in [0.05, 0.1) is 6.61 Å². The highest BCUT2D eigenvalue weighted by Crippen LogP contribution is 2.34. The number of hydrogen-bond acceptors (Lipinski definition) is 2. The maximum atomic E-state index is 12.5. The van der Waals surface area contributed by atoms with E-state index in [1.54, 1.807) is 18.2 Å². The van der Waals surface area contributed by atoms with Crippen LogP contribution >= 0.6 is 23.2 Å². The Morgan fingerprint density at radius 3 is 2.90 bits per heavy atom. The minimum Gasteiger partial charge on any atom is -0.493 e. The molecule has 1 heterocycles. The number of hydrogen-bond donors (Lipinski definition) is 0. The first kappa shape index (κ1) is 14.4. The molecule has 1 aliphatic rings. The zero-order chi connectivity index (χ0) is 15.0. The number of ether oxygens (including phenoxy) is 1. The van der Waals surface area contributed by atoms with Gasteiger partial charge >= 0.3 is 0 Å². The smallest absolute Gasteiger partial charge is 0.167 e. The summed E-state index contributed by atoms with van der Waals surface area (Å²) in [6, 6.07) is 9.09.